The predicted molar refractivity (Wildman–Crippen MR) is 80.2 cm³/mol. The fourth-order valence-corrected chi connectivity index (χ4v) is 2.35. The van der Waals surface area contributed by atoms with Gasteiger partial charge in [0.15, 0.2) is 0 Å². The average Bonchev–Trinajstić information content (AvgIpc) is 2.52. The topological polar surface area (TPSA) is 72.8 Å². The summed E-state index contributed by atoms with van der Waals surface area (Å²) in [6.45, 7) is 3.73. The third kappa shape index (κ3) is 2.65. The number of aromatic hydroxyl groups is 1. The summed E-state index contributed by atoms with van der Waals surface area (Å²) >= 11 is 0. The molecule has 0 radical (unpaired) electrons. The van der Waals surface area contributed by atoms with Crippen molar-refractivity contribution in [3.8, 4) is 5.75 Å². The number of allylic oxidation sites excluding steroid dienone is 3. The van der Waals surface area contributed by atoms with Crippen LogP contribution in [0.5, 0.6) is 5.75 Å². The number of methoxy groups -OCH3 is 2. The number of ketones is 2. The number of phenolic OH excluding ortho intramolecular Hbond substituents is 1. The Kier molecular flexibility index (Phi) is 4.46. The molecule has 1 aromatic rings. The monoisotopic (exact) mass is 300 g/mol. The summed E-state index contributed by atoms with van der Waals surface area (Å²) in [5.41, 5.74) is 0.986. The van der Waals surface area contributed by atoms with Crippen molar-refractivity contribution in [3.05, 3.63) is 65.7 Å². The van der Waals surface area contributed by atoms with Crippen molar-refractivity contribution in [3.63, 3.8) is 0 Å². The Morgan fingerprint density at radius 2 is 1.68 bits per heavy atom. The van der Waals surface area contributed by atoms with Crippen LogP contribution in [-0.4, -0.2) is 30.9 Å². The minimum absolute atomic E-state index is 0.107. The van der Waals surface area contributed by atoms with Crippen molar-refractivity contribution in [1.29, 1.82) is 0 Å². The zero-order valence-electron chi connectivity index (χ0n) is 12.3. The predicted octanol–water partition coefficient (Wildman–Crippen LogP) is 2.24. The zero-order valence-corrected chi connectivity index (χ0v) is 12.3. The van der Waals surface area contributed by atoms with E-state index < -0.39 is 17.5 Å². The maximum atomic E-state index is 12.5. The lowest BCUT2D eigenvalue weighted by Crippen LogP contribution is -2.24. The molecule has 0 fully saturated rings. The van der Waals surface area contributed by atoms with E-state index in [1.807, 2.05) is 0 Å². The van der Waals surface area contributed by atoms with E-state index in [0.717, 1.165) is 5.56 Å². The summed E-state index contributed by atoms with van der Waals surface area (Å²) in [7, 11) is 2.62. The summed E-state index contributed by atoms with van der Waals surface area (Å²) < 4.78 is 9.97. The molecule has 1 aliphatic rings. The fourth-order valence-electron chi connectivity index (χ4n) is 2.35. The van der Waals surface area contributed by atoms with Gasteiger partial charge in [-0.3, -0.25) is 9.59 Å². The van der Waals surface area contributed by atoms with Gasteiger partial charge in [-0.2, -0.15) is 0 Å². The Labute approximate surface area is 128 Å². The molecule has 2 rings (SSSR count). The number of Topliss-reactive ketones (excluding diaryl/α,β-unsaturated/α-hetero) is 1. The van der Waals surface area contributed by atoms with Crippen molar-refractivity contribution in [2.24, 2.45) is 0 Å². The Morgan fingerprint density at radius 1 is 1.09 bits per heavy atom. The molecule has 1 atom stereocenters. The first-order chi connectivity index (χ1) is 10.5. The van der Waals surface area contributed by atoms with Gasteiger partial charge in [0.1, 0.15) is 5.75 Å². The first-order valence-corrected chi connectivity index (χ1v) is 6.57. The standard InChI is InChI=1S/C17H16O5/c1-4-12(10-5-7-11(18)8-6-10)13-9-14(19)16(21-2)17(22-3)15(13)20/h4-9,12,18H,1H2,2-3H3/t12-/m1/s1. The van der Waals surface area contributed by atoms with Crippen LogP contribution in [0.4, 0.5) is 0 Å². The lowest BCUT2D eigenvalue weighted by atomic mass is 9.84. The molecule has 5 heteroatoms. The molecular formula is C17H16O5. The summed E-state index contributed by atoms with van der Waals surface area (Å²) in [5, 5.41) is 9.36. The van der Waals surface area contributed by atoms with Gasteiger partial charge in [0.2, 0.25) is 23.1 Å². The first kappa shape index (κ1) is 15.6. The minimum atomic E-state index is -0.486. The van der Waals surface area contributed by atoms with Crippen LogP contribution >= 0.6 is 0 Å². The Balaban J connectivity index is 2.47. The molecule has 0 spiro atoms. The summed E-state index contributed by atoms with van der Waals surface area (Å²) in [6, 6.07) is 6.36. The SMILES string of the molecule is C=C[C@@H](C1=CC(=O)C(OC)=C(OC)C1=O)c1ccc(O)cc1. The molecule has 0 bridgehead atoms. The van der Waals surface area contributed by atoms with E-state index in [1.165, 1.54) is 32.4 Å². The molecule has 0 saturated carbocycles. The lowest BCUT2D eigenvalue weighted by Gasteiger charge is -2.21. The third-order valence-corrected chi connectivity index (χ3v) is 3.42. The van der Waals surface area contributed by atoms with Crippen LogP contribution in [0.2, 0.25) is 0 Å². The number of ether oxygens (including phenoxy) is 2. The Hall–Kier alpha value is -2.82. The van der Waals surface area contributed by atoms with E-state index in [9.17, 15) is 14.7 Å². The van der Waals surface area contributed by atoms with Gasteiger partial charge in [0.25, 0.3) is 0 Å². The molecule has 0 heterocycles. The van der Waals surface area contributed by atoms with E-state index >= 15 is 0 Å². The van der Waals surface area contributed by atoms with Crippen LogP contribution in [0.1, 0.15) is 11.5 Å². The molecule has 5 nitrogen and oxygen atoms in total. The molecule has 0 unspecified atom stereocenters. The van der Waals surface area contributed by atoms with Crippen LogP contribution in [0.15, 0.2) is 60.1 Å². The first-order valence-electron chi connectivity index (χ1n) is 6.57. The van der Waals surface area contributed by atoms with Crippen molar-refractivity contribution < 1.29 is 24.2 Å². The normalized spacial score (nSPS) is 16.2. The number of rotatable bonds is 5. The van der Waals surface area contributed by atoms with E-state index in [0.29, 0.717) is 0 Å². The van der Waals surface area contributed by atoms with Crippen LogP contribution in [-0.2, 0) is 19.1 Å². The number of hydrogen-bond donors (Lipinski definition) is 1. The number of carbonyl (C=O) groups excluding carboxylic acids is 2. The smallest absolute Gasteiger partial charge is 0.228 e. The fraction of sp³-hybridized carbons (Fsp3) is 0.176. The second-order valence-corrected chi connectivity index (χ2v) is 4.66. The van der Waals surface area contributed by atoms with E-state index in [-0.39, 0.29) is 22.8 Å². The third-order valence-electron chi connectivity index (χ3n) is 3.42. The van der Waals surface area contributed by atoms with Gasteiger partial charge in [-0.1, -0.05) is 18.2 Å². The van der Waals surface area contributed by atoms with E-state index in [2.05, 4.69) is 6.58 Å². The number of hydrogen-bond acceptors (Lipinski definition) is 5. The van der Waals surface area contributed by atoms with E-state index in [4.69, 9.17) is 9.47 Å². The quantitative estimate of drug-likeness (QED) is 0.667. The Morgan fingerprint density at radius 3 is 2.18 bits per heavy atom. The average molecular weight is 300 g/mol. The molecular weight excluding hydrogens is 284 g/mol. The molecule has 1 N–H and O–H groups in total. The molecule has 1 aromatic carbocycles. The molecule has 0 aromatic heterocycles. The molecule has 114 valence electrons. The van der Waals surface area contributed by atoms with E-state index in [1.54, 1.807) is 18.2 Å². The highest BCUT2D eigenvalue weighted by Gasteiger charge is 2.34. The van der Waals surface area contributed by atoms with Gasteiger partial charge in [0, 0.05) is 11.5 Å². The van der Waals surface area contributed by atoms with Gasteiger partial charge in [-0.25, -0.2) is 0 Å². The molecule has 0 amide bonds. The Bertz CT molecular complexity index is 680. The summed E-state index contributed by atoms with van der Waals surface area (Å²) in [6.07, 6.45) is 2.80. The molecule has 0 saturated heterocycles. The van der Waals surface area contributed by atoms with Crippen LogP contribution in [0, 0.1) is 0 Å². The molecule has 22 heavy (non-hydrogen) atoms. The van der Waals surface area contributed by atoms with Crippen molar-refractivity contribution in [2.75, 3.05) is 14.2 Å². The zero-order chi connectivity index (χ0) is 16.3. The van der Waals surface area contributed by atoms with Crippen LogP contribution in [0.25, 0.3) is 0 Å². The highest BCUT2D eigenvalue weighted by Crippen LogP contribution is 2.32. The van der Waals surface area contributed by atoms with Gasteiger partial charge in [-0.05, 0) is 23.8 Å². The highest BCUT2D eigenvalue weighted by molar-refractivity contribution is 6.21. The number of benzene rings is 1. The van der Waals surface area contributed by atoms with Crippen molar-refractivity contribution in [1.82, 2.24) is 0 Å². The minimum Gasteiger partial charge on any atom is -0.508 e. The van der Waals surface area contributed by atoms with Crippen molar-refractivity contribution in [2.45, 2.75) is 5.92 Å². The van der Waals surface area contributed by atoms with Gasteiger partial charge in [-0.15, -0.1) is 6.58 Å². The lowest BCUT2D eigenvalue weighted by molar-refractivity contribution is -0.120. The van der Waals surface area contributed by atoms with Crippen LogP contribution in [0.3, 0.4) is 0 Å². The largest absolute Gasteiger partial charge is 0.508 e. The maximum absolute atomic E-state index is 12.5. The van der Waals surface area contributed by atoms with Gasteiger partial charge < -0.3 is 14.6 Å². The maximum Gasteiger partial charge on any atom is 0.228 e. The molecule has 1 aliphatic carbocycles. The highest BCUT2D eigenvalue weighted by atomic mass is 16.5. The number of carbonyl (C=O) groups is 2. The van der Waals surface area contributed by atoms with Gasteiger partial charge in [0.05, 0.1) is 14.2 Å². The van der Waals surface area contributed by atoms with Gasteiger partial charge >= 0.3 is 0 Å². The molecule has 0 aliphatic heterocycles. The summed E-state index contributed by atoms with van der Waals surface area (Å²) in [4.78, 5) is 24.6. The second kappa shape index (κ2) is 6.30. The summed E-state index contributed by atoms with van der Waals surface area (Å²) in [5.74, 6) is -1.44. The second-order valence-electron chi connectivity index (χ2n) is 4.66. The van der Waals surface area contributed by atoms with Crippen LogP contribution < -0.4 is 0 Å². The van der Waals surface area contributed by atoms with Crippen molar-refractivity contribution >= 4 is 11.6 Å². The number of phenols is 1.